The number of nitrogens with one attached hydrogen (secondary N) is 1. The van der Waals surface area contributed by atoms with Crippen molar-refractivity contribution in [2.24, 2.45) is 0 Å². The Kier molecular flexibility index (Phi) is 8.39. The van der Waals surface area contributed by atoms with E-state index in [1.54, 1.807) is 22.1 Å². The first-order chi connectivity index (χ1) is 21.5. The second-order valence-corrected chi connectivity index (χ2v) is 14.3. The molecule has 3 amide bonds. The molecule has 6 rings (SSSR count). The van der Waals surface area contributed by atoms with Crippen molar-refractivity contribution in [3.05, 3.63) is 58.2 Å². The topological polar surface area (TPSA) is 173 Å². The zero-order valence-electron chi connectivity index (χ0n) is 24.3. The Morgan fingerprint density at radius 1 is 1.20 bits per heavy atom. The summed E-state index contributed by atoms with van der Waals surface area (Å²) >= 11 is 1.13. The van der Waals surface area contributed by atoms with Crippen LogP contribution in [0, 0.1) is 11.3 Å². The first-order valence-electron chi connectivity index (χ1n) is 14.6. The van der Waals surface area contributed by atoms with Gasteiger partial charge in [0.25, 0.3) is 5.91 Å². The lowest BCUT2D eigenvalue weighted by atomic mass is 9.90. The predicted octanol–water partition coefficient (Wildman–Crippen LogP) is 3.59. The number of thiophene rings is 1. The van der Waals surface area contributed by atoms with E-state index in [0.717, 1.165) is 23.3 Å². The molecule has 3 saturated heterocycles. The molecular formula is C30H31FN5O7PS. The fourth-order valence-corrected chi connectivity index (χ4v) is 8.12. The van der Waals surface area contributed by atoms with E-state index in [9.17, 15) is 38.4 Å². The number of hydrogen-bond donors (Lipinski definition) is 3. The maximum atomic E-state index is 14.2. The highest BCUT2D eigenvalue weighted by molar-refractivity contribution is 7.51. The second-order valence-electron chi connectivity index (χ2n) is 11.6. The third kappa shape index (κ3) is 5.81. The van der Waals surface area contributed by atoms with Gasteiger partial charge in [0.2, 0.25) is 17.7 Å². The van der Waals surface area contributed by atoms with E-state index in [1.165, 1.54) is 31.4 Å². The molecule has 0 bridgehead atoms. The number of benzene rings is 1. The molecule has 15 heteroatoms. The molecule has 3 aromatic rings. The first-order valence-corrected chi connectivity index (χ1v) is 17.1. The number of hydrogen-bond acceptors (Lipinski definition) is 8. The second kappa shape index (κ2) is 12.1. The minimum Gasteiger partial charge on any atom is -0.493 e. The number of carbonyl (C=O) groups excluding carboxylic acids is 3. The highest BCUT2D eigenvalue weighted by Gasteiger charge is 2.48. The highest BCUT2D eigenvalue weighted by atomic mass is 32.1. The van der Waals surface area contributed by atoms with E-state index in [4.69, 9.17) is 4.74 Å². The predicted molar refractivity (Wildman–Crippen MR) is 161 cm³/mol. The monoisotopic (exact) mass is 655 g/mol. The van der Waals surface area contributed by atoms with Crippen molar-refractivity contribution < 1.29 is 37.9 Å². The molecule has 4 atom stereocenters. The van der Waals surface area contributed by atoms with Crippen LogP contribution in [-0.2, 0) is 14.2 Å². The minimum absolute atomic E-state index is 0.0203. The number of ether oxygens (including phenoxy) is 1. The number of nitrogens with zero attached hydrogens (tertiary/aromatic N) is 4. The van der Waals surface area contributed by atoms with Crippen LogP contribution in [0.1, 0.15) is 70.4 Å². The van der Waals surface area contributed by atoms with Gasteiger partial charge in [-0.1, -0.05) is 6.07 Å². The molecule has 5 heterocycles. The number of halogens is 1. The average Bonchev–Trinajstić information content (AvgIpc) is 3.59. The number of nitriles is 1. The summed E-state index contributed by atoms with van der Waals surface area (Å²) < 4.78 is 31.6. The molecule has 0 radical (unpaired) electrons. The van der Waals surface area contributed by atoms with E-state index in [2.05, 4.69) is 10.3 Å². The van der Waals surface area contributed by atoms with E-state index in [0.29, 0.717) is 54.6 Å². The lowest BCUT2D eigenvalue weighted by Gasteiger charge is -2.43. The maximum Gasteiger partial charge on any atom is 0.363 e. The molecule has 236 valence electrons. The van der Waals surface area contributed by atoms with Crippen molar-refractivity contribution in [3.8, 4) is 11.8 Å². The third-order valence-corrected chi connectivity index (χ3v) is 10.9. The van der Waals surface area contributed by atoms with Crippen LogP contribution in [0.3, 0.4) is 0 Å². The van der Waals surface area contributed by atoms with Gasteiger partial charge in [-0.2, -0.15) is 5.26 Å². The van der Waals surface area contributed by atoms with E-state index >= 15 is 0 Å². The number of methoxy groups -OCH3 is 1. The van der Waals surface area contributed by atoms with Gasteiger partial charge in [0.1, 0.15) is 18.2 Å². The molecule has 3 N–H and O–H groups in total. The Morgan fingerprint density at radius 2 is 1.98 bits per heavy atom. The van der Waals surface area contributed by atoms with Crippen molar-refractivity contribution in [2.75, 3.05) is 20.2 Å². The van der Waals surface area contributed by atoms with Gasteiger partial charge in [0.15, 0.2) is 11.4 Å². The van der Waals surface area contributed by atoms with Crippen LogP contribution in [0.5, 0.6) is 5.75 Å². The van der Waals surface area contributed by atoms with Crippen LogP contribution in [0.25, 0.3) is 10.1 Å². The summed E-state index contributed by atoms with van der Waals surface area (Å²) in [6, 6.07) is 7.88. The molecule has 0 aliphatic carbocycles. The van der Waals surface area contributed by atoms with Crippen molar-refractivity contribution in [2.45, 2.75) is 62.1 Å². The molecular weight excluding hydrogens is 624 g/mol. The van der Waals surface area contributed by atoms with E-state index in [-0.39, 0.29) is 39.9 Å². The maximum absolute atomic E-state index is 14.2. The molecule has 3 aliphatic rings. The number of amides is 3. The number of pyridine rings is 1. The summed E-state index contributed by atoms with van der Waals surface area (Å²) in [5, 5.41) is 12.7. The molecule has 2 aromatic heterocycles. The van der Waals surface area contributed by atoms with Crippen LogP contribution in [0.15, 0.2) is 36.5 Å². The summed E-state index contributed by atoms with van der Waals surface area (Å²) in [6.45, 7) is 0.858. The van der Waals surface area contributed by atoms with Gasteiger partial charge in [0, 0.05) is 41.5 Å². The van der Waals surface area contributed by atoms with Crippen LogP contribution >= 0.6 is 18.9 Å². The normalized spacial score (nSPS) is 22.7. The van der Waals surface area contributed by atoms with Gasteiger partial charge in [-0.25, -0.2) is 9.37 Å². The number of carbonyl (C=O) groups is 3. The van der Waals surface area contributed by atoms with Gasteiger partial charge in [0.05, 0.1) is 12.0 Å². The summed E-state index contributed by atoms with van der Waals surface area (Å²) in [4.78, 5) is 66.9. The third-order valence-electron chi connectivity index (χ3n) is 8.89. The molecule has 1 unspecified atom stereocenters. The quantitative estimate of drug-likeness (QED) is 0.322. The first kappa shape index (κ1) is 31.1. The summed E-state index contributed by atoms with van der Waals surface area (Å²) in [5.41, 5.74) is 0.820. The largest absolute Gasteiger partial charge is 0.493 e. The SMILES string of the molecule is COc1c(C2CN(C(=O)[C@@H]3CC[C@@H]4CCC[C@H](NC(=O)c5cc6cc(C(F)P(=O)(O)O)ccc6s5)C(=O)N43)C2)ccnc1C#N. The van der Waals surface area contributed by atoms with Gasteiger partial charge < -0.3 is 29.6 Å². The summed E-state index contributed by atoms with van der Waals surface area (Å²) in [7, 11) is -3.50. The van der Waals surface area contributed by atoms with Gasteiger partial charge in [-0.3, -0.25) is 18.9 Å². The molecule has 3 aliphatic heterocycles. The zero-order chi connectivity index (χ0) is 32.0. The lowest BCUT2D eigenvalue weighted by Crippen LogP contribution is -2.58. The molecule has 1 aromatic carbocycles. The standard InChI is InChI=1S/C30H31FN5O7PS/c1-43-26-20(9-10-33-22(26)13-32)18-14-35(15-18)30(39)23-7-6-19-3-2-4-21(29(38)36(19)23)34-28(37)25-12-17-11-16(5-8-24(17)45-25)27(31)44(40,41)42/h5,8-12,18-19,21,23,27H,2-4,6-7,14-15H2,1H3,(H,34,37)(H2,40,41,42)/t19-,21-,23-,27?/m0/s1. The minimum atomic E-state index is -4.98. The van der Waals surface area contributed by atoms with Crippen LogP contribution in [0.2, 0.25) is 0 Å². The number of fused-ring (bicyclic) bond motifs is 2. The smallest absolute Gasteiger partial charge is 0.363 e. The number of alkyl halides is 1. The average molecular weight is 656 g/mol. The lowest BCUT2D eigenvalue weighted by molar-refractivity contribution is -0.148. The van der Waals surface area contributed by atoms with Crippen LogP contribution in [0.4, 0.5) is 4.39 Å². The van der Waals surface area contributed by atoms with Crippen molar-refractivity contribution in [3.63, 3.8) is 0 Å². The Bertz CT molecular complexity index is 1770. The number of rotatable bonds is 7. The summed E-state index contributed by atoms with van der Waals surface area (Å²) in [5.74, 6) is -3.00. The van der Waals surface area contributed by atoms with Crippen molar-refractivity contribution in [1.29, 1.82) is 5.26 Å². The van der Waals surface area contributed by atoms with Crippen molar-refractivity contribution in [1.82, 2.24) is 20.1 Å². The number of likely N-dealkylation sites (tertiary alicyclic amines) is 1. The van der Waals surface area contributed by atoms with Crippen molar-refractivity contribution >= 4 is 46.7 Å². The number of aromatic nitrogens is 1. The fourth-order valence-electron chi connectivity index (χ4n) is 6.63. The molecule has 0 spiro atoms. The van der Waals surface area contributed by atoms with Gasteiger partial charge in [-0.15, -0.1) is 11.3 Å². The Hall–Kier alpha value is -3.89. The van der Waals surface area contributed by atoms with E-state index in [1.807, 2.05) is 6.07 Å². The molecule has 12 nitrogen and oxygen atoms in total. The van der Waals surface area contributed by atoms with Crippen LogP contribution in [-0.4, -0.2) is 80.6 Å². The molecule has 0 saturated carbocycles. The molecule has 45 heavy (non-hydrogen) atoms. The Balaban J connectivity index is 1.13. The molecule has 3 fully saturated rings. The summed E-state index contributed by atoms with van der Waals surface area (Å²) in [6.07, 6.45) is 4.64. The van der Waals surface area contributed by atoms with Gasteiger partial charge in [-0.05, 0) is 67.3 Å². The van der Waals surface area contributed by atoms with Crippen LogP contribution < -0.4 is 10.1 Å². The Morgan fingerprint density at radius 3 is 2.69 bits per heavy atom. The zero-order valence-corrected chi connectivity index (χ0v) is 26.0. The highest BCUT2D eigenvalue weighted by Crippen LogP contribution is 2.53. The fraction of sp³-hybridized carbons (Fsp3) is 0.433. The van der Waals surface area contributed by atoms with E-state index < -0.39 is 31.5 Å². The van der Waals surface area contributed by atoms with Gasteiger partial charge >= 0.3 is 7.60 Å². The Labute approximate surface area is 261 Å².